The number of benzene rings is 1. The van der Waals surface area contributed by atoms with Crippen LogP contribution in [0.3, 0.4) is 0 Å². The molecule has 1 aliphatic heterocycles. The van der Waals surface area contributed by atoms with Crippen LogP contribution in [0.5, 0.6) is 0 Å². The second-order valence-electron chi connectivity index (χ2n) is 6.73. The summed E-state index contributed by atoms with van der Waals surface area (Å²) in [5.74, 6) is -0.0502. The zero-order chi connectivity index (χ0) is 18.3. The molecule has 140 valence electrons. The molecule has 1 aromatic carbocycles. The van der Waals surface area contributed by atoms with Crippen LogP contribution < -0.4 is 5.32 Å². The molecular weight excluding hydrogens is 336 g/mol. The molecule has 0 radical (unpaired) electrons. The first-order chi connectivity index (χ1) is 12.0. The van der Waals surface area contributed by atoms with Crippen molar-refractivity contribution in [2.75, 3.05) is 18.4 Å². The molecule has 25 heavy (non-hydrogen) atoms. The van der Waals surface area contributed by atoms with Crippen molar-refractivity contribution in [3.05, 3.63) is 24.3 Å². The molecule has 1 fully saturated rings. The molecule has 1 unspecified atom stereocenters. The van der Waals surface area contributed by atoms with E-state index in [-0.39, 0.29) is 16.7 Å². The number of hydrogen-bond donors (Lipinski definition) is 1. The highest BCUT2D eigenvalue weighted by molar-refractivity contribution is 7.89. The van der Waals surface area contributed by atoms with Crippen molar-refractivity contribution in [1.29, 1.82) is 0 Å². The topological polar surface area (TPSA) is 66.5 Å². The highest BCUT2D eigenvalue weighted by Crippen LogP contribution is 2.23. The van der Waals surface area contributed by atoms with Gasteiger partial charge in [0.2, 0.25) is 15.9 Å². The van der Waals surface area contributed by atoms with E-state index in [0.717, 1.165) is 44.9 Å². The number of nitrogens with zero attached hydrogens (tertiary/aromatic N) is 1. The second-order valence-corrected chi connectivity index (χ2v) is 8.67. The van der Waals surface area contributed by atoms with Gasteiger partial charge in [-0.2, -0.15) is 4.31 Å². The molecular formula is C19H30N2O3S. The van der Waals surface area contributed by atoms with Gasteiger partial charge < -0.3 is 5.32 Å². The average Bonchev–Trinajstić information content (AvgIpc) is 2.63. The van der Waals surface area contributed by atoms with E-state index >= 15 is 0 Å². The van der Waals surface area contributed by atoms with Crippen LogP contribution in [0.2, 0.25) is 0 Å². The van der Waals surface area contributed by atoms with Crippen molar-refractivity contribution in [1.82, 2.24) is 4.31 Å². The van der Waals surface area contributed by atoms with Crippen LogP contribution in [0, 0.1) is 5.92 Å². The third kappa shape index (κ3) is 5.28. The number of rotatable bonds is 8. The molecule has 1 saturated heterocycles. The Labute approximate surface area is 151 Å². The van der Waals surface area contributed by atoms with Gasteiger partial charge in [-0.05, 0) is 43.9 Å². The molecule has 6 heteroatoms. The van der Waals surface area contributed by atoms with E-state index in [1.807, 2.05) is 6.92 Å². The third-order valence-electron chi connectivity index (χ3n) is 4.82. The van der Waals surface area contributed by atoms with Gasteiger partial charge in [0, 0.05) is 24.7 Å². The van der Waals surface area contributed by atoms with Gasteiger partial charge in [0.05, 0.1) is 4.90 Å². The second kappa shape index (κ2) is 9.34. The van der Waals surface area contributed by atoms with Gasteiger partial charge >= 0.3 is 0 Å². The van der Waals surface area contributed by atoms with Crippen LogP contribution in [0.4, 0.5) is 5.69 Å². The number of carbonyl (C=O) groups is 1. The number of carbonyl (C=O) groups excluding carboxylic acids is 1. The van der Waals surface area contributed by atoms with Crippen LogP contribution in [-0.2, 0) is 14.8 Å². The first-order valence-electron chi connectivity index (χ1n) is 9.40. The van der Waals surface area contributed by atoms with Crippen LogP contribution in [0.15, 0.2) is 29.2 Å². The zero-order valence-electron chi connectivity index (χ0n) is 15.3. The van der Waals surface area contributed by atoms with Crippen molar-refractivity contribution in [3.63, 3.8) is 0 Å². The van der Waals surface area contributed by atoms with Crippen LogP contribution in [0.1, 0.15) is 58.8 Å². The molecule has 1 aromatic rings. The van der Waals surface area contributed by atoms with Gasteiger partial charge in [0.15, 0.2) is 0 Å². The maximum Gasteiger partial charge on any atom is 0.243 e. The predicted molar refractivity (Wildman–Crippen MR) is 101 cm³/mol. The summed E-state index contributed by atoms with van der Waals surface area (Å²) in [6.45, 7) is 5.28. The molecule has 0 spiro atoms. The maximum atomic E-state index is 12.8. The quantitative estimate of drug-likeness (QED) is 0.756. The Balaban J connectivity index is 2.11. The first-order valence-corrected chi connectivity index (χ1v) is 10.8. The molecule has 0 saturated carbocycles. The van der Waals surface area contributed by atoms with Gasteiger partial charge in [0.25, 0.3) is 0 Å². The Morgan fingerprint density at radius 2 is 1.92 bits per heavy atom. The van der Waals surface area contributed by atoms with E-state index in [0.29, 0.717) is 18.8 Å². The number of unbranched alkanes of at least 4 members (excludes halogenated alkanes) is 1. The Bertz CT molecular complexity index is 667. The lowest BCUT2D eigenvalue weighted by Crippen LogP contribution is -2.35. The van der Waals surface area contributed by atoms with Crippen molar-refractivity contribution >= 4 is 21.6 Å². The minimum absolute atomic E-state index is 0.0246. The smallest absolute Gasteiger partial charge is 0.243 e. The average molecular weight is 367 g/mol. The number of anilines is 1. The molecule has 1 heterocycles. The van der Waals surface area contributed by atoms with Gasteiger partial charge in [-0.3, -0.25) is 4.79 Å². The van der Waals surface area contributed by atoms with E-state index in [9.17, 15) is 13.2 Å². The summed E-state index contributed by atoms with van der Waals surface area (Å²) < 4.78 is 27.1. The van der Waals surface area contributed by atoms with E-state index in [1.165, 1.54) is 0 Å². The van der Waals surface area contributed by atoms with E-state index < -0.39 is 10.0 Å². The fraction of sp³-hybridized carbons (Fsp3) is 0.632. The summed E-state index contributed by atoms with van der Waals surface area (Å²) >= 11 is 0. The highest BCUT2D eigenvalue weighted by atomic mass is 32.2. The van der Waals surface area contributed by atoms with Crippen LogP contribution in [-0.4, -0.2) is 31.7 Å². The zero-order valence-corrected chi connectivity index (χ0v) is 16.1. The molecule has 1 atom stereocenters. The molecule has 0 bridgehead atoms. The lowest BCUT2D eigenvalue weighted by molar-refractivity contribution is -0.120. The Kier molecular flexibility index (Phi) is 7.44. The lowest BCUT2D eigenvalue weighted by Gasteiger charge is -2.26. The number of sulfonamides is 1. The van der Waals surface area contributed by atoms with Crippen LogP contribution >= 0.6 is 0 Å². The van der Waals surface area contributed by atoms with Crippen molar-refractivity contribution in [3.8, 4) is 0 Å². The monoisotopic (exact) mass is 366 g/mol. The minimum atomic E-state index is -3.48. The van der Waals surface area contributed by atoms with Gasteiger partial charge in [-0.25, -0.2) is 8.42 Å². The SMILES string of the molecule is CCCCC(CC)C(=O)Nc1cccc(S(=O)(=O)N2CCCCC2)c1. The first kappa shape index (κ1) is 19.9. The van der Waals surface area contributed by atoms with E-state index in [4.69, 9.17) is 0 Å². The lowest BCUT2D eigenvalue weighted by atomic mass is 9.98. The molecule has 5 nitrogen and oxygen atoms in total. The molecule has 1 N–H and O–H groups in total. The number of piperidine rings is 1. The number of amides is 1. The molecule has 1 amide bonds. The largest absolute Gasteiger partial charge is 0.326 e. The summed E-state index contributed by atoms with van der Waals surface area (Å²) in [5.41, 5.74) is 0.554. The summed E-state index contributed by atoms with van der Waals surface area (Å²) in [7, 11) is -3.48. The minimum Gasteiger partial charge on any atom is -0.326 e. The maximum absolute atomic E-state index is 12.8. The number of nitrogens with one attached hydrogen (secondary N) is 1. The third-order valence-corrected chi connectivity index (χ3v) is 6.72. The van der Waals surface area contributed by atoms with Crippen LogP contribution in [0.25, 0.3) is 0 Å². The molecule has 2 rings (SSSR count). The van der Waals surface area contributed by atoms with Crippen molar-refractivity contribution in [2.24, 2.45) is 5.92 Å². The van der Waals surface area contributed by atoms with E-state index in [2.05, 4.69) is 12.2 Å². The van der Waals surface area contributed by atoms with Gasteiger partial charge in [0.1, 0.15) is 0 Å². The summed E-state index contributed by atoms with van der Waals surface area (Å²) in [5, 5.41) is 2.90. The normalized spacial score (nSPS) is 17.2. The molecule has 1 aliphatic rings. The van der Waals surface area contributed by atoms with Gasteiger partial charge in [-0.15, -0.1) is 0 Å². The van der Waals surface area contributed by atoms with Crippen molar-refractivity contribution < 1.29 is 13.2 Å². The summed E-state index contributed by atoms with van der Waals surface area (Å²) in [4.78, 5) is 12.7. The highest BCUT2D eigenvalue weighted by Gasteiger charge is 2.26. The van der Waals surface area contributed by atoms with Crippen molar-refractivity contribution in [2.45, 2.75) is 63.7 Å². The standard InChI is InChI=1S/C19H30N2O3S/c1-3-5-10-16(4-2)19(22)20-17-11-9-12-18(15-17)25(23,24)21-13-7-6-8-14-21/h9,11-12,15-16H,3-8,10,13-14H2,1-2H3,(H,20,22). The number of hydrogen-bond acceptors (Lipinski definition) is 3. The Morgan fingerprint density at radius 3 is 2.56 bits per heavy atom. The van der Waals surface area contributed by atoms with E-state index in [1.54, 1.807) is 28.6 Å². The Morgan fingerprint density at radius 1 is 1.20 bits per heavy atom. The summed E-state index contributed by atoms with van der Waals surface area (Å²) in [6.07, 6.45) is 6.64. The Hall–Kier alpha value is -1.40. The fourth-order valence-electron chi connectivity index (χ4n) is 3.20. The molecule has 0 aromatic heterocycles. The molecule has 0 aliphatic carbocycles. The summed E-state index contributed by atoms with van der Waals surface area (Å²) in [6, 6.07) is 6.63. The fourth-order valence-corrected chi connectivity index (χ4v) is 4.77. The predicted octanol–water partition coefficient (Wildman–Crippen LogP) is 4.02. The van der Waals surface area contributed by atoms with Gasteiger partial charge in [-0.1, -0.05) is 39.2 Å².